The van der Waals surface area contributed by atoms with Crippen LogP contribution < -0.4 is 11.1 Å². The zero-order valence-electron chi connectivity index (χ0n) is 10.3. The number of halogens is 1. The van der Waals surface area contributed by atoms with Gasteiger partial charge in [0.05, 0.1) is 0 Å². The van der Waals surface area contributed by atoms with Gasteiger partial charge in [-0.15, -0.1) is 0 Å². The predicted octanol–water partition coefficient (Wildman–Crippen LogP) is 0.720. The molecule has 0 aromatic heterocycles. The summed E-state index contributed by atoms with van der Waals surface area (Å²) in [6.45, 7) is 4.26. The van der Waals surface area contributed by atoms with Gasteiger partial charge in [-0.05, 0) is 37.7 Å². The van der Waals surface area contributed by atoms with Crippen LogP contribution in [0.1, 0.15) is 22.3 Å². The largest absolute Gasteiger partial charge is 0.366 e. The second-order valence-corrected chi connectivity index (χ2v) is 4.55. The molecule has 0 saturated carbocycles. The monoisotopic (exact) mass is 251 g/mol. The molecule has 4 nitrogen and oxygen atoms in total. The van der Waals surface area contributed by atoms with Crippen molar-refractivity contribution in [2.24, 2.45) is 5.73 Å². The molecular weight excluding hydrogens is 233 g/mol. The Kier molecular flexibility index (Phi) is 4.28. The van der Waals surface area contributed by atoms with E-state index in [0.717, 1.165) is 32.6 Å². The number of nitrogens with two attached hydrogens (primary N) is 1. The van der Waals surface area contributed by atoms with Gasteiger partial charge in [-0.25, -0.2) is 4.39 Å². The number of nitrogens with one attached hydrogen (secondary N) is 1. The summed E-state index contributed by atoms with van der Waals surface area (Å²) in [4.78, 5) is 13.3. The van der Waals surface area contributed by atoms with Crippen molar-refractivity contribution in [3.8, 4) is 0 Å². The van der Waals surface area contributed by atoms with Gasteiger partial charge >= 0.3 is 0 Å². The number of carbonyl (C=O) groups is 1. The van der Waals surface area contributed by atoms with Gasteiger partial charge in [0, 0.05) is 30.8 Å². The molecular formula is C13H18FN3O. The zero-order valence-corrected chi connectivity index (χ0v) is 10.3. The van der Waals surface area contributed by atoms with Crippen molar-refractivity contribution in [1.82, 2.24) is 10.2 Å². The van der Waals surface area contributed by atoms with Crippen molar-refractivity contribution in [2.75, 3.05) is 26.2 Å². The summed E-state index contributed by atoms with van der Waals surface area (Å²) in [6, 6.07) is 4.28. The van der Waals surface area contributed by atoms with Crippen molar-refractivity contribution in [3.63, 3.8) is 0 Å². The Labute approximate surface area is 106 Å². The highest BCUT2D eigenvalue weighted by molar-refractivity contribution is 5.92. The highest BCUT2D eigenvalue weighted by Gasteiger charge is 2.13. The Morgan fingerprint density at radius 2 is 2.22 bits per heavy atom. The van der Waals surface area contributed by atoms with E-state index in [9.17, 15) is 9.18 Å². The van der Waals surface area contributed by atoms with Crippen LogP contribution in [0.25, 0.3) is 0 Å². The highest BCUT2D eigenvalue weighted by atomic mass is 19.1. The molecule has 1 aliphatic heterocycles. The number of hydrogen-bond donors (Lipinski definition) is 2. The fourth-order valence-electron chi connectivity index (χ4n) is 2.15. The minimum atomic E-state index is -0.520. The molecule has 0 radical (unpaired) electrons. The maximum atomic E-state index is 13.7. The minimum absolute atomic E-state index is 0.280. The Morgan fingerprint density at radius 3 is 3.00 bits per heavy atom. The van der Waals surface area contributed by atoms with E-state index in [2.05, 4.69) is 10.2 Å². The molecule has 3 N–H and O–H groups in total. The molecule has 98 valence electrons. The lowest BCUT2D eigenvalue weighted by molar-refractivity contribution is 0.1000. The van der Waals surface area contributed by atoms with Crippen LogP contribution in [0.3, 0.4) is 0 Å². The molecule has 0 spiro atoms. The van der Waals surface area contributed by atoms with Crippen LogP contribution in [0.5, 0.6) is 0 Å². The van der Waals surface area contributed by atoms with Crippen molar-refractivity contribution < 1.29 is 9.18 Å². The Bertz CT molecular complexity index is 428. The average molecular weight is 251 g/mol. The molecule has 2 rings (SSSR count). The number of rotatable bonds is 3. The van der Waals surface area contributed by atoms with Crippen LogP contribution in [0.2, 0.25) is 0 Å². The molecule has 1 aliphatic rings. The van der Waals surface area contributed by atoms with Crippen molar-refractivity contribution >= 4 is 5.91 Å². The van der Waals surface area contributed by atoms with E-state index >= 15 is 0 Å². The van der Waals surface area contributed by atoms with Crippen molar-refractivity contribution in [1.29, 1.82) is 0 Å². The summed E-state index contributed by atoms with van der Waals surface area (Å²) in [7, 11) is 0. The smallest absolute Gasteiger partial charge is 0.248 e. The van der Waals surface area contributed by atoms with Crippen LogP contribution >= 0.6 is 0 Å². The number of amides is 1. The highest BCUT2D eigenvalue weighted by Crippen LogP contribution is 2.13. The van der Waals surface area contributed by atoms with Crippen molar-refractivity contribution in [3.05, 3.63) is 35.1 Å². The van der Waals surface area contributed by atoms with Crippen LogP contribution in [0.4, 0.5) is 4.39 Å². The fourth-order valence-corrected chi connectivity index (χ4v) is 2.15. The Balaban J connectivity index is 2.11. The third-order valence-electron chi connectivity index (χ3n) is 3.16. The van der Waals surface area contributed by atoms with Gasteiger partial charge in [0.25, 0.3) is 0 Å². The molecule has 1 aromatic carbocycles. The average Bonchev–Trinajstić information content (AvgIpc) is 2.60. The Hall–Kier alpha value is -1.46. The number of carbonyl (C=O) groups excluding carboxylic acids is 1. The van der Waals surface area contributed by atoms with Gasteiger partial charge in [-0.3, -0.25) is 9.69 Å². The van der Waals surface area contributed by atoms with Gasteiger partial charge in [0.1, 0.15) is 5.82 Å². The number of nitrogens with zero attached hydrogens (tertiary/aromatic N) is 1. The van der Waals surface area contributed by atoms with Crippen molar-refractivity contribution in [2.45, 2.75) is 13.0 Å². The molecule has 0 atom stereocenters. The lowest BCUT2D eigenvalue weighted by Crippen LogP contribution is -2.28. The van der Waals surface area contributed by atoms with E-state index in [1.54, 1.807) is 6.07 Å². The first kappa shape index (κ1) is 13.0. The molecule has 1 fully saturated rings. The van der Waals surface area contributed by atoms with E-state index in [0.29, 0.717) is 17.7 Å². The second-order valence-electron chi connectivity index (χ2n) is 4.55. The Morgan fingerprint density at radius 1 is 1.39 bits per heavy atom. The molecule has 1 saturated heterocycles. The first-order chi connectivity index (χ1) is 8.66. The summed E-state index contributed by atoms with van der Waals surface area (Å²) in [5, 5.41) is 3.30. The molecule has 1 heterocycles. The van der Waals surface area contributed by atoms with E-state index in [4.69, 9.17) is 5.73 Å². The molecule has 0 bridgehead atoms. The third kappa shape index (κ3) is 3.27. The van der Waals surface area contributed by atoms with Gasteiger partial charge in [0.2, 0.25) is 5.91 Å². The SMILES string of the molecule is NC(=O)c1ccc(F)c(CN2CCCNCC2)c1. The summed E-state index contributed by atoms with van der Waals surface area (Å²) < 4.78 is 13.7. The first-order valence-corrected chi connectivity index (χ1v) is 6.18. The number of benzene rings is 1. The fraction of sp³-hybridized carbons (Fsp3) is 0.462. The number of primary amides is 1. The van der Waals surface area contributed by atoms with E-state index in [1.807, 2.05) is 0 Å². The van der Waals surface area contributed by atoms with E-state index in [1.165, 1.54) is 12.1 Å². The molecule has 0 unspecified atom stereocenters. The van der Waals surface area contributed by atoms with Gasteiger partial charge in [-0.2, -0.15) is 0 Å². The lowest BCUT2D eigenvalue weighted by Gasteiger charge is -2.19. The summed E-state index contributed by atoms with van der Waals surface area (Å²) >= 11 is 0. The summed E-state index contributed by atoms with van der Waals surface area (Å²) in [5.74, 6) is -0.800. The van der Waals surface area contributed by atoms with Crippen LogP contribution in [0.15, 0.2) is 18.2 Å². The maximum absolute atomic E-state index is 13.7. The normalized spacial score (nSPS) is 17.4. The third-order valence-corrected chi connectivity index (χ3v) is 3.16. The standard InChI is InChI=1S/C13H18FN3O/c14-12-3-2-10(13(15)18)8-11(12)9-17-6-1-4-16-5-7-17/h2-3,8,16H,1,4-7,9H2,(H2,15,18). The summed E-state index contributed by atoms with van der Waals surface area (Å²) in [5.41, 5.74) is 6.10. The topological polar surface area (TPSA) is 58.4 Å². The second kappa shape index (κ2) is 5.93. The first-order valence-electron chi connectivity index (χ1n) is 6.18. The molecule has 5 heteroatoms. The minimum Gasteiger partial charge on any atom is -0.366 e. The number of hydrogen-bond acceptors (Lipinski definition) is 3. The lowest BCUT2D eigenvalue weighted by atomic mass is 10.1. The van der Waals surface area contributed by atoms with Gasteiger partial charge < -0.3 is 11.1 Å². The molecule has 0 aliphatic carbocycles. The quantitative estimate of drug-likeness (QED) is 0.832. The van der Waals surface area contributed by atoms with Gasteiger partial charge in [-0.1, -0.05) is 0 Å². The molecule has 18 heavy (non-hydrogen) atoms. The molecule has 1 aromatic rings. The molecule has 1 amide bonds. The zero-order chi connectivity index (χ0) is 13.0. The predicted molar refractivity (Wildman–Crippen MR) is 67.7 cm³/mol. The van der Waals surface area contributed by atoms with Gasteiger partial charge in [0.15, 0.2) is 0 Å². The van der Waals surface area contributed by atoms with Crippen LogP contribution in [-0.4, -0.2) is 37.0 Å². The summed E-state index contributed by atoms with van der Waals surface area (Å²) in [6.07, 6.45) is 1.05. The van der Waals surface area contributed by atoms with Crippen LogP contribution in [0, 0.1) is 5.82 Å². The van der Waals surface area contributed by atoms with E-state index < -0.39 is 5.91 Å². The maximum Gasteiger partial charge on any atom is 0.248 e. The van der Waals surface area contributed by atoms with E-state index in [-0.39, 0.29) is 5.82 Å². The van der Waals surface area contributed by atoms with Crippen LogP contribution in [-0.2, 0) is 6.54 Å².